The van der Waals surface area contributed by atoms with E-state index in [2.05, 4.69) is 10.6 Å². The Morgan fingerprint density at radius 2 is 1.80 bits per heavy atom. The number of aryl methyl sites for hydroxylation is 3. The Kier molecular flexibility index (Phi) is 5.03. The first-order valence-electron chi connectivity index (χ1n) is 9.75. The molecular formula is C23H23N3O4. The van der Waals surface area contributed by atoms with Gasteiger partial charge in [-0.15, -0.1) is 0 Å². The highest BCUT2D eigenvalue weighted by Gasteiger charge is 2.42. The Morgan fingerprint density at radius 1 is 1.10 bits per heavy atom. The van der Waals surface area contributed by atoms with Gasteiger partial charge in [0.1, 0.15) is 13.2 Å². The first-order valence-corrected chi connectivity index (χ1v) is 9.75. The van der Waals surface area contributed by atoms with E-state index in [-0.39, 0.29) is 19.1 Å². The van der Waals surface area contributed by atoms with Gasteiger partial charge in [0.05, 0.1) is 17.3 Å². The fraction of sp³-hybridized carbons (Fsp3) is 0.261. The molecule has 154 valence electrons. The predicted octanol–water partition coefficient (Wildman–Crippen LogP) is 3.13. The molecular weight excluding hydrogens is 382 g/mol. The molecule has 7 nitrogen and oxygen atoms in total. The number of rotatable bonds is 4. The number of cyclic esters (lactones) is 1. The Morgan fingerprint density at radius 3 is 2.53 bits per heavy atom. The lowest BCUT2D eigenvalue weighted by Crippen LogP contribution is -2.49. The van der Waals surface area contributed by atoms with Crippen LogP contribution in [0.3, 0.4) is 0 Å². The third kappa shape index (κ3) is 3.66. The van der Waals surface area contributed by atoms with E-state index >= 15 is 0 Å². The van der Waals surface area contributed by atoms with E-state index in [9.17, 15) is 14.4 Å². The molecule has 2 N–H and O–H groups in total. The highest BCUT2D eigenvalue weighted by atomic mass is 16.5. The van der Waals surface area contributed by atoms with Gasteiger partial charge in [-0.2, -0.15) is 0 Å². The van der Waals surface area contributed by atoms with Gasteiger partial charge in [0.15, 0.2) is 0 Å². The van der Waals surface area contributed by atoms with Crippen molar-refractivity contribution in [3.63, 3.8) is 0 Å². The summed E-state index contributed by atoms with van der Waals surface area (Å²) < 4.78 is 5.21. The van der Waals surface area contributed by atoms with Crippen molar-refractivity contribution in [2.45, 2.75) is 26.8 Å². The number of amides is 3. The third-order valence-electron chi connectivity index (χ3n) is 5.38. The van der Waals surface area contributed by atoms with Crippen molar-refractivity contribution in [2.24, 2.45) is 0 Å². The molecule has 0 saturated heterocycles. The van der Waals surface area contributed by atoms with Gasteiger partial charge in [0.25, 0.3) is 0 Å². The molecule has 2 aliphatic rings. The SMILES string of the molecule is Cc1ccc(C2NC(=O)N(CC(=O)Nc3cc(C)ccc3C)C3=C2C(=O)OC3)cc1. The van der Waals surface area contributed by atoms with E-state index in [4.69, 9.17) is 4.74 Å². The molecule has 1 atom stereocenters. The highest BCUT2D eigenvalue weighted by molar-refractivity contribution is 6.00. The smallest absolute Gasteiger partial charge is 0.338 e. The predicted molar refractivity (Wildman–Crippen MR) is 112 cm³/mol. The number of nitrogens with zero attached hydrogens (tertiary/aromatic N) is 1. The molecule has 4 rings (SSSR count). The molecule has 1 unspecified atom stereocenters. The van der Waals surface area contributed by atoms with Gasteiger partial charge in [-0.25, -0.2) is 9.59 Å². The fourth-order valence-electron chi connectivity index (χ4n) is 3.69. The number of urea groups is 1. The first kappa shape index (κ1) is 19.7. The minimum absolute atomic E-state index is 0.0271. The molecule has 2 aromatic rings. The topological polar surface area (TPSA) is 87.7 Å². The van der Waals surface area contributed by atoms with E-state index in [1.54, 1.807) is 0 Å². The van der Waals surface area contributed by atoms with Crippen LogP contribution in [0.4, 0.5) is 10.5 Å². The van der Waals surface area contributed by atoms with E-state index in [0.29, 0.717) is 17.0 Å². The molecule has 2 heterocycles. The average molecular weight is 405 g/mol. The lowest BCUT2D eigenvalue weighted by Gasteiger charge is -2.32. The maximum absolute atomic E-state index is 12.8. The number of nitrogens with one attached hydrogen (secondary N) is 2. The molecule has 0 bridgehead atoms. The monoisotopic (exact) mass is 405 g/mol. The van der Waals surface area contributed by atoms with Crippen LogP contribution in [0.2, 0.25) is 0 Å². The highest BCUT2D eigenvalue weighted by Crippen LogP contribution is 2.35. The summed E-state index contributed by atoms with van der Waals surface area (Å²) >= 11 is 0. The molecule has 3 amide bonds. The number of ether oxygens (including phenoxy) is 1. The van der Waals surface area contributed by atoms with Gasteiger partial charge >= 0.3 is 12.0 Å². The number of hydrogen-bond donors (Lipinski definition) is 2. The summed E-state index contributed by atoms with van der Waals surface area (Å²) in [6, 6.07) is 12.3. The van der Waals surface area contributed by atoms with Crippen LogP contribution in [0, 0.1) is 20.8 Å². The van der Waals surface area contributed by atoms with Gasteiger partial charge in [0.2, 0.25) is 5.91 Å². The Hall–Kier alpha value is -3.61. The third-order valence-corrected chi connectivity index (χ3v) is 5.38. The van der Waals surface area contributed by atoms with Crippen molar-refractivity contribution in [3.8, 4) is 0 Å². The van der Waals surface area contributed by atoms with Gasteiger partial charge < -0.3 is 15.4 Å². The average Bonchev–Trinajstić information content (AvgIpc) is 3.09. The minimum atomic E-state index is -0.596. The Labute approximate surface area is 174 Å². The largest absolute Gasteiger partial charge is 0.456 e. The van der Waals surface area contributed by atoms with Crippen molar-refractivity contribution in [1.82, 2.24) is 10.2 Å². The molecule has 2 aromatic carbocycles. The fourth-order valence-corrected chi connectivity index (χ4v) is 3.69. The zero-order valence-electron chi connectivity index (χ0n) is 17.1. The maximum atomic E-state index is 12.8. The Bertz CT molecular complexity index is 1070. The van der Waals surface area contributed by atoms with Crippen molar-refractivity contribution in [1.29, 1.82) is 0 Å². The number of hydrogen-bond acceptors (Lipinski definition) is 4. The van der Waals surface area contributed by atoms with E-state index in [1.807, 2.05) is 63.2 Å². The number of carbonyl (C=O) groups excluding carboxylic acids is 3. The second-order valence-corrected chi connectivity index (χ2v) is 7.68. The van der Waals surface area contributed by atoms with Crippen LogP contribution < -0.4 is 10.6 Å². The lowest BCUT2D eigenvalue weighted by atomic mass is 9.95. The van der Waals surface area contributed by atoms with Crippen LogP contribution in [-0.2, 0) is 14.3 Å². The van der Waals surface area contributed by atoms with E-state index in [1.165, 1.54) is 4.90 Å². The van der Waals surface area contributed by atoms with Crippen LogP contribution in [-0.4, -0.2) is 36.0 Å². The first-order chi connectivity index (χ1) is 14.3. The quantitative estimate of drug-likeness (QED) is 0.765. The van der Waals surface area contributed by atoms with Crippen LogP contribution in [0.25, 0.3) is 0 Å². The lowest BCUT2D eigenvalue weighted by molar-refractivity contribution is -0.136. The van der Waals surface area contributed by atoms with E-state index in [0.717, 1.165) is 22.3 Å². The van der Waals surface area contributed by atoms with Crippen molar-refractivity contribution in [2.75, 3.05) is 18.5 Å². The molecule has 7 heteroatoms. The summed E-state index contributed by atoms with van der Waals surface area (Å²) in [5, 5.41) is 5.69. The van der Waals surface area contributed by atoms with Crippen LogP contribution in [0.15, 0.2) is 53.7 Å². The maximum Gasteiger partial charge on any atom is 0.338 e. The summed E-state index contributed by atoms with van der Waals surface area (Å²) in [6.45, 7) is 5.57. The number of carbonyl (C=O) groups is 3. The molecule has 0 spiro atoms. The second kappa shape index (κ2) is 7.67. The molecule has 0 saturated carbocycles. The van der Waals surface area contributed by atoms with Gasteiger partial charge in [-0.3, -0.25) is 9.69 Å². The van der Waals surface area contributed by atoms with Gasteiger partial charge in [-0.05, 0) is 43.5 Å². The number of esters is 1. The minimum Gasteiger partial charge on any atom is -0.456 e. The number of benzene rings is 2. The molecule has 0 aromatic heterocycles. The normalized spacial score (nSPS) is 18.1. The molecule has 30 heavy (non-hydrogen) atoms. The molecule has 2 aliphatic heterocycles. The van der Waals surface area contributed by atoms with Crippen molar-refractivity contribution in [3.05, 3.63) is 76.0 Å². The zero-order valence-corrected chi connectivity index (χ0v) is 17.1. The summed E-state index contributed by atoms with van der Waals surface area (Å²) in [4.78, 5) is 39.2. The zero-order chi connectivity index (χ0) is 21.4. The van der Waals surface area contributed by atoms with Crippen LogP contribution in [0.5, 0.6) is 0 Å². The van der Waals surface area contributed by atoms with E-state index < -0.39 is 18.0 Å². The summed E-state index contributed by atoms with van der Waals surface area (Å²) in [5.74, 6) is -0.825. The van der Waals surface area contributed by atoms with Gasteiger partial charge in [0, 0.05) is 5.69 Å². The summed E-state index contributed by atoms with van der Waals surface area (Å²) in [5.41, 5.74) is 5.32. The number of anilines is 1. The summed E-state index contributed by atoms with van der Waals surface area (Å²) in [6.07, 6.45) is 0. The molecule has 0 aliphatic carbocycles. The van der Waals surface area contributed by atoms with Gasteiger partial charge in [-0.1, -0.05) is 42.0 Å². The van der Waals surface area contributed by atoms with Crippen molar-refractivity contribution >= 4 is 23.6 Å². The summed E-state index contributed by atoms with van der Waals surface area (Å²) in [7, 11) is 0. The molecule has 0 radical (unpaired) electrons. The molecule has 0 fully saturated rings. The van der Waals surface area contributed by atoms with Crippen LogP contribution >= 0.6 is 0 Å². The Balaban J connectivity index is 1.59. The van der Waals surface area contributed by atoms with Crippen molar-refractivity contribution < 1.29 is 19.1 Å². The second-order valence-electron chi connectivity index (χ2n) is 7.68. The van der Waals surface area contributed by atoms with Crippen LogP contribution in [0.1, 0.15) is 28.3 Å². The standard InChI is InChI=1S/C23H23N3O4/c1-13-5-8-16(9-6-13)21-20-18(12-30-22(20)28)26(23(29)25-21)11-19(27)24-17-10-14(2)4-7-15(17)3/h4-10,21H,11-12H2,1-3H3,(H,24,27)(H,25,29).